The van der Waals surface area contributed by atoms with E-state index in [0.29, 0.717) is 23.3 Å². The van der Waals surface area contributed by atoms with E-state index in [2.05, 4.69) is 31.2 Å². The number of amides is 1. The molecule has 16 heavy (non-hydrogen) atoms. The van der Waals surface area contributed by atoms with E-state index in [1.54, 1.807) is 25.2 Å². The second-order valence-corrected chi connectivity index (χ2v) is 4.49. The predicted octanol–water partition coefficient (Wildman–Crippen LogP) is 1.78. The molecule has 0 saturated carbocycles. The van der Waals surface area contributed by atoms with Crippen LogP contribution in [0.2, 0.25) is 5.28 Å². The number of hydrogen-bond donors (Lipinski definition) is 1. The number of carbonyl (C=O) groups excluding carboxylic acids is 1. The zero-order valence-electron chi connectivity index (χ0n) is 9.00. The van der Waals surface area contributed by atoms with Crippen LogP contribution in [0.25, 0.3) is 0 Å². The van der Waals surface area contributed by atoms with Crippen LogP contribution in [-0.4, -0.2) is 41.4 Å². The standard InChI is InChI=1S/C9H12BrClN4O/c1-15(2)7(16)3-4-12-8-6(10)5-13-9(11)14-8/h5H,3-4H2,1-2H3,(H,12,13,14). The molecule has 0 fully saturated rings. The molecule has 0 bridgehead atoms. The number of anilines is 1. The number of hydrogen-bond acceptors (Lipinski definition) is 4. The summed E-state index contributed by atoms with van der Waals surface area (Å²) in [5.74, 6) is 0.648. The molecule has 1 N–H and O–H groups in total. The fourth-order valence-corrected chi connectivity index (χ4v) is 1.45. The van der Waals surface area contributed by atoms with Gasteiger partial charge in [0, 0.05) is 33.3 Å². The van der Waals surface area contributed by atoms with Crippen LogP contribution in [-0.2, 0) is 4.79 Å². The van der Waals surface area contributed by atoms with Gasteiger partial charge in [-0.25, -0.2) is 4.98 Å². The van der Waals surface area contributed by atoms with E-state index in [1.165, 1.54) is 0 Å². The van der Waals surface area contributed by atoms with Gasteiger partial charge in [-0.15, -0.1) is 0 Å². The van der Waals surface area contributed by atoms with Crippen molar-refractivity contribution in [3.8, 4) is 0 Å². The molecule has 7 heteroatoms. The first kappa shape index (κ1) is 13.2. The molecule has 0 aliphatic carbocycles. The topological polar surface area (TPSA) is 58.1 Å². The van der Waals surface area contributed by atoms with Crippen molar-refractivity contribution >= 4 is 39.3 Å². The molecule has 0 spiro atoms. The van der Waals surface area contributed by atoms with Crippen molar-refractivity contribution in [3.05, 3.63) is 16.0 Å². The maximum absolute atomic E-state index is 11.3. The Labute approximate surface area is 107 Å². The SMILES string of the molecule is CN(C)C(=O)CCNc1nc(Cl)ncc1Br. The minimum Gasteiger partial charge on any atom is -0.368 e. The average molecular weight is 308 g/mol. The molecule has 0 saturated heterocycles. The van der Waals surface area contributed by atoms with Crippen LogP contribution in [0.1, 0.15) is 6.42 Å². The Hall–Kier alpha value is -0.880. The van der Waals surface area contributed by atoms with Crippen molar-refractivity contribution in [3.63, 3.8) is 0 Å². The van der Waals surface area contributed by atoms with Gasteiger partial charge in [0.15, 0.2) is 0 Å². The summed E-state index contributed by atoms with van der Waals surface area (Å²) in [5, 5.41) is 3.18. The van der Waals surface area contributed by atoms with E-state index in [4.69, 9.17) is 11.6 Å². The minimum atomic E-state index is 0.0591. The van der Waals surface area contributed by atoms with Crippen molar-refractivity contribution in [2.45, 2.75) is 6.42 Å². The monoisotopic (exact) mass is 306 g/mol. The van der Waals surface area contributed by atoms with E-state index in [0.717, 1.165) is 0 Å². The molecule has 0 unspecified atom stereocenters. The Morgan fingerprint density at radius 1 is 1.62 bits per heavy atom. The summed E-state index contributed by atoms with van der Waals surface area (Å²) in [6, 6.07) is 0. The lowest BCUT2D eigenvalue weighted by Crippen LogP contribution is -2.24. The molecule has 1 heterocycles. The lowest BCUT2D eigenvalue weighted by molar-refractivity contribution is -0.128. The Morgan fingerprint density at radius 2 is 2.31 bits per heavy atom. The Kier molecular flexibility index (Phi) is 4.95. The first-order valence-corrected chi connectivity index (χ1v) is 5.80. The molecule has 1 aromatic rings. The Bertz CT molecular complexity index is 386. The molecule has 1 amide bonds. The normalized spacial score (nSPS) is 10.0. The second kappa shape index (κ2) is 6.00. The van der Waals surface area contributed by atoms with Crippen molar-refractivity contribution in [2.24, 2.45) is 0 Å². The molecular weight excluding hydrogens is 295 g/mol. The van der Waals surface area contributed by atoms with Crippen LogP contribution in [0.4, 0.5) is 5.82 Å². The highest BCUT2D eigenvalue weighted by molar-refractivity contribution is 9.10. The third-order valence-corrected chi connectivity index (χ3v) is 2.61. The van der Waals surface area contributed by atoms with Crippen LogP contribution < -0.4 is 5.32 Å². The van der Waals surface area contributed by atoms with Gasteiger partial charge in [-0.3, -0.25) is 4.79 Å². The number of carbonyl (C=O) groups is 1. The molecule has 0 aliphatic heterocycles. The van der Waals surface area contributed by atoms with E-state index in [-0.39, 0.29) is 11.2 Å². The summed E-state index contributed by atoms with van der Waals surface area (Å²) in [4.78, 5) is 20.6. The minimum absolute atomic E-state index is 0.0591. The Balaban J connectivity index is 2.49. The summed E-state index contributed by atoms with van der Waals surface area (Å²) < 4.78 is 0.717. The Morgan fingerprint density at radius 3 is 2.94 bits per heavy atom. The summed E-state index contributed by atoms with van der Waals surface area (Å²) in [7, 11) is 3.44. The van der Waals surface area contributed by atoms with Crippen LogP contribution in [0, 0.1) is 0 Å². The highest BCUT2D eigenvalue weighted by Crippen LogP contribution is 2.19. The van der Waals surface area contributed by atoms with Crippen molar-refractivity contribution in [1.82, 2.24) is 14.9 Å². The van der Waals surface area contributed by atoms with E-state index >= 15 is 0 Å². The third-order valence-electron chi connectivity index (χ3n) is 1.84. The van der Waals surface area contributed by atoms with E-state index in [1.807, 2.05) is 0 Å². The molecular formula is C9H12BrClN4O. The number of nitrogens with zero attached hydrogens (tertiary/aromatic N) is 3. The molecule has 5 nitrogen and oxygen atoms in total. The molecule has 0 radical (unpaired) electrons. The largest absolute Gasteiger partial charge is 0.368 e. The first-order chi connectivity index (χ1) is 7.50. The van der Waals surface area contributed by atoms with Gasteiger partial charge in [-0.1, -0.05) is 0 Å². The fourth-order valence-electron chi connectivity index (χ4n) is 0.981. The maximum atomic E-state index is 11.3. The fraction of sp³-hybridized carbons (Fsp3) is 0.444. The average Bonchev–Trinajstić information content (AvgIpc) is 2.22. The van der Waals surface area contributed by atoms with Crippen LogP contribution in [0.5, 0.6) is 0 Å². The van der Waals surface area contributed by atoms with Gasteiger partial charge in [-0.2, -0.15) is 4.98 Å². The van der Waals surface area contributed by atoms with Crippen molar-refractivity contribution < 1.29 is 4.79 Å². The molecule has 0 aliphatic rings. The van der Waals surface area contributed by atoms with Gasteiger partial charge >= 0.3 is 0 Å². The van der Waals surface area contributed by atoms with Gasteiger partial charge in [0.1, 0.15) is 5.82 Å². The van der Waals surface area contributed by atoms with Gasteiger partial charge in [0.05, 0.1) is 4.47 Å². The van der Waals surface area contributed by atoms with Crippen molar-refractivity contribution in [2.75, 3.05) is 26.0 Å². The first-order valence-electron chi connectivity index (χ1n) is 4.62. The van der Waals surface area contributed by atoms with E-state index in [9.17, 15) is 4.79 Å². The highest BCUT2D eigenvalue weighted by Gasteiger charge is 2.06. The van der Waals surface area contributed by atoms with Crippen LogP contribution in [0.15, 0.2) is 10.7 Å². The molecule has 1 aromatic heterocycles. The van der Waals surface area contributed by atoms with Gasteiger partial charge in [0.2, 0.25) is 11.2 Å². The zero-order valence-corrected chi connectivity index (χ0v) is 11.3. The van der Waals surface area contributed by atoms with Gasteiger partial charge in [-0.05, 0) is 27.5 Å². The number of halogens is 2. The summed E-state index contributed by atoms with van der Waals surface area (Å²) in [5.41, 5.74) is 0. The maximum Gasteiger partial charge on any atom is 0.224 e. The third kappa shape index (κ3) is 3.94. The molecule has 1 rings (SSSR count). The lowest BCUT2D eigenvalue weighted by Gasteiger charge is -2.11. The number of rotatable bonds is 4. The number of nitrogens with one attached hydrogen (secondary N) is 1. The summed E-state index contributed by atoms with van der Waals surface area (Å²) in [6.45, 7) is 0.503. The predicted molar refractivity (Wildman–Crippen MR) is 66.5 cm³/mol. The zero-order chi connectivity index (χ0) is 12.1. The smallest absolute Gasteiger partial charge is 0.224 e. The lowest BCUT2D eigenvalue weighted by atomic mass is 10.4. The number of aromatic nitrogens is 2. The molecule has 0 atom stereocenters. The summed E-state index contributed by atoms with van der Waals surface area (Å²) in [6.07, 6.45) is 1.96. The van der Waals surface area contributed by atoms with Crippen LogP contribution >= 0.6 is 27.5 Å². The second-order valence-electron chi connectivity index (χ2n) is 3.30. The molecule has 0 aromatic carbocycles. The van der Waals surface area contributed by atoms with E-state index < -0.39 is 0 Å². The highest BCUT2D eigenvalue weighted by atomic mass is 79.9. The van der Waals surface area contributed by atoms with Gasteiger partial charge < -0.3 is 10.2 Å². The molecule has 88 valence electrons. The van der Waals surface area contributed by atoms with Gasteiger partial charge in [0.25, 0.3) is 0 Å². The van der Waals surface area contributed by atoms with Crippen LogP contribution in [0.3, 0.4) is 0 Å². The quantitative estimate of drug-likeness (QED) is 0.862. The summed E-state index contributed by atoms with van der Waals surface area (Å²) >= 11 is 8.94. The van der Waals surface area contributed by atoms with Crippen molar-refractivity contribution in [1.29, 1.82) is 0 Å².